The molecular formula is C13H17ClN4. The number of anilines is 1. The van der Waals surface area contributed by atoms with Crippen molar-refractivity contribution in [1.29, 1.82) is 0 Å². The maximum absolute atomic E-state index is 6.01. The number of nitrogen functional groups attached to an aromatic ring is 1. The fourth-order valence-electron chi connectivity index (χ4n) is 2.55. The number of nitrogens with two attached hydrogens (primary N) is 1. The highest BCUT2D eigenvalue weighted by Gasteiger charge is 2.46. The molecule has 4 nitrogen and oxygen atoms in total. The van der Waals surface area contributed by atoms with Gasteiger partial charge in [-0.25, -0.2) is 9.97 Å². The second-order valence-electron chi connectivity index (χ2n) is 5.57. The molecule has 0 radical (unpaired) electrons. The summed E-state index contributed by atoms with van der Waals surface area (Å²) in [7, 11) is 0. The molecule has 0 saturated heterocycles. The third kappa shape index (κ3) is 1.75. The highest BCUT2D eigenvalue weighted by atomic mass is 35.5. The number of halogens is 1. The van der Waals surface area contributed by atoms with Crippen LogP contribution in [-0.2, 0) is 6.54 Å². The molecule has 2 aromatic rings. The van der Waals surface area contributed by atoms with E-state index in [-0.39, 0.29) is 0 Å². The van der Waals surface area contributed by atoms with Crippen LogP contribution in [0, 0.1) is 11.3 Å². The molecule has 0 aliphatic heterocycles. The van der Waals surface area contributed by atoms with Gasteiger partial charge in [-0.3, -0.25) is 4.57 Å². The normalized spacial score (nSPS) is 17.6. The van der Waals surface area contributed by atoms with Gasteiger partial charge >= 0.3 is 0 Å². The van der Waals surface area contributed by atoms with E-state index < -0.39 is 0 Å². The van der Waals surface area contributed by atoms with Crippen molar-refractivity contribution >= 4 is 28.7 Å². The van der Waals surface area contributed by atoms with E-state index in [1.54, 1.807) is 6.20 Å². The van der Waals surface area contributed by atoms with Gasteiger partial charge in [0.15, 0.2) is 5.65 Å². The van der Waals surface area contributed by atoms with Gasteiger partial charge in [0.25, 0.3) is 0 Å². The molecule has 2 heterocycles. The van der Waals surface area contributed by atoms with Crippen LogP contribution in [0.25, 0.3) is 11.2 Å². The average molecular weight is 265 g/mol. The first kappa shape index (κ1) is 11.8. The Balaban J connectivity index is 2.04. The molecule has 1 aliphatic carbocycles. The Morgan fingerprint density at radius 3 is 2.83 bits per heavy atom. The molecule has 0 bridgehead atoms. The molecule has 2 aromatic heterocycles. The van der Waals surface area contributed by atoms with E-state index in [1.165, 1.54) is 12.8 Å². The Hall–Kier alpha value is -1.29. The second-order valence-corrected chi connectivity index (χ2v) is 6.01. The van der Waals surface area contributed by atoms with Gasteiger partial charge in [-0.1, -0.05) is 25.4 Å². The first-order valence-electron chi connectivity index (χ1n) is 6.29. The molecule has 2 N–H and O–H groups in total. The fraction of sp³-hybridized carbons (Fsp3) is 0.538. The van der Waals surface area contributed by atoms with Crippen LogP contribution in [-0.4, -0.2) is 14.5 Å². The van der Waals surface area contributed by atoms with Gasteiger partial charge in [-0.15, -0.1) is 0 Å². The highest BCUT2D eigenvalue weighted by molar-refractivity contribution is 6.31. The molecule has 96 valence electrons. The minimum atomic E-state index is 0.378. The van der Waals surface area contributed by atoms with Crippen molar-refractivity contribution in [2.24, 2.45) is 11.3 Å². The summed E-state index contributed by atoms with van der Waals surface area (Å²) in [5, 5.41) is 0.595. The summed E-state index contributed by atoms with van der Waals surface area (Å²) in [6, 6.07) is 1.81. The molecule has 5 heteroatoms. The van der Waals surface area contributed by atoms with Crippen LogP contribution < -0.4 is 5.73 Å². The van der Waals surface area contributed by atoms with Crippen molar-refractivity contribution < 1.29 is 0 Å². The van der Waals surface area contributed by atoms with Crippen LogP contribution in [0.5, 0.6) is 0 Å². The van der Waals surface area contributed by atoms with Crippen LogP contribution in [0.1, 0.15) is 26.7 Å². The van der Waals surface area contributed by atoms with E-state index >= 15 is 0 Å². The summed E-state index contributed by atoms with van der Waals surface area (Å²) in [6.45, 7) is 5.45. The lowest BCUT2D eigenvalue weighted by atomic mass is 9.92. The van der Waals surface area contributed by atoms with E-state index in [0.717, 1.165) is 17.7 Å². The number of aromatic nitrogens is 3. The van der Waals surface area contributed by atoms with Crippen LogP contribution in [0.2, 0.25) is 5.02 Å². The van der Waals surface area contributed by atoms with Crippen molar-refractivity contribution in [3.63, 3.8) is 0 Å². The third-order valence-electron chi connectivity index (χ3n) is 4.17. The Labute approximate surface area is 111 Å². The number of nitrogens with zero attached hydrogens (tertiary/aromatic N) is 3. The number of pyridine rings is 1. The van der Waals surface area contributed by atoms with Crippen molar-refractivity contribution in [3.05, 3.63) is 17.3 Å². The van der Waals surface area contributed by atoms with E-state index in [1.807, 2.05) is 10.6 Å². The largest absolute Gasteiger partial charge is 0.369 e. The molecule has 1 aliphatic rings. The van der Waals surface area contributed by atoms with Crippen molar-refractivity contribution in [1.82, 2.24) is 14.5 Å². The molecule has 1 fully saturated rings. The molecular weight excluding hydrogens is 248 g/mol. The minimum Gasteiger partial charge on any atom is -0.369 e. The lowest BCUT2D eigenvalue weighted by Gasteiger charge is -2.20. The molecule has 0 spiro atoms. The van der Waals surface area contributed by atoms with Gasteiger partial charge in [0.2, 0.25) is 5.95 Å². The topological polar surface area (TPSA) is 56.7 Å². The van der Waals surface area contributed by atoms with E-state index in [0.29, 0.717) is 22.3 Å². The monoisotopic (exact) mass is 264 g/mol. The predicted octanol–water partition coefficient (Wildman–Crippen LogP) is 3.10. The van der Waals surface area contributed by atoms with Crippen molar-refractivity contribution in [3.8, 4) is 0 Å². The maximum atomic E-state index is 6.01. The van der Waals surface area contributed by atoms with Gasteiger partial charge in [-0.05, 0) is 30.2 Å². The number of imidazole rings is 1. The minimum absolute atomic E-state index is 0.378. The van der Waals surface area contributed by atoms with Crippen molar-refractivity contribution in [2.45, 2.75) is 33.2 Å². The van der Waals surface area contributed by atoms with Crippen LogP contribution in [0.3, 0.4) is 0 Å². The molecule has 0 aromatic carbocycles. The summed E-state index contributed by atoms with van der Waals surface area (Å²) in [4.78, 5) is 8.70. The Morgan fingerprint density at radius 1 is 1.50 bits per heavy atom. The smallest absolute Gasteiger partial charge is 0.202 e. The zero-order valence-corrected chi connectivity index (χ0v) is 11.4. The Morgan fingerprint density at radius 2 is 2.22 bits per heavy atom. The van der Waals surface area contributed by atoms with Gasteiger partial charge in [0.05, 0.1) is 5.02 Å². The highest BCUT2D eigenvalue weighted by Crippen LogP contribution is 2.53. The SMILES string of the molecule is CC(C)C1(Cn2c(N)nc3cc(Cl)cnc32)CC1. The summed E-state index contributed by atoms with van der Waals surface area (Å²) in [6.07, 6.45) is 4.17. The summed E-state index contributed by atoms with van der Waals surface area (Å²) in [5.41, 5.74) is 8.00. The van der Waals surface area contributed by atoms with Gasteiger partial charge in [-0.2, -0.15) is 0 Å². The first-order chi connectivity index (χ1) is 8.52. The van der Waals surface area contributed by atoms with Crippen LogP contribution in [0.4, 0.5) is 5.95 Å². The van der Waals surface area contributed by atoms with E-state index in [4.69, 9.17) is 17.3 Å². The summed E-state index contributed by atoms with van der Waals surface area (Å²) < 4.78 is 2.03. The average Bonchev–Trinajstić information content (AvgIpc) is 3.02. The lowest BCUT2D eigenvalue weighted by molar-refractivity contribution is 0.313. The molecule has 18 heavy (non-hydrogen) atoms. The van der Waals surface area contributed by atoms with Gasteiger partial charge in [0.1, 0.15) is 5.52 Å². The first-order valence-corrected chi connectivity index (χ1v) is 6.67. The van der Waals surface area contributed by atoms with E-state index in [9.17, 15) is 0 Å². The zero-order valence-electron chi connectivity index (χ0n) is 10.7. The second kappa shape index (κ2) is 3.85. The third-order valence-corrected chi connectivity index (χ3v) is 4.38. The number of hydrogen-bond acceptors (Lipinski definition) is 3. The molecule has 0 unspecified atom stereocenters. The summed E-state index contributed by atoms with van der Waals surface area (Å²) >= 11 is 5.92. The number of hydrogen-bond donors (Lipinski definition) is 1. The molecule has 3 rings (SSSR count). The molecule has 0 atom stereocenters. The standard InChI is InChI=1S/C13H17ClN4/c1-8(2)13(3-4-13)7-18-11-10(17-12(18)15)5-9(14)6-16-11/h5-6,8H,3-4,7H2,1-2H3,(H2,15,17). The van der Waals surface area contributed by atoms with Crippen molar-refractivity contribution in [2.75, 3.05) is 5.73 Å². The Kier molecular flexibility index (Phi) is 2.52. The Bertz CT molecular complexity index is 598. The fourth-order valence-corrected chi connectivity index (χ4v) is 2.71. The van der Waals surface area contributed by atoms with E-state index in [2.05, 4.69) is 23.8 Å². The van der Waals surface area contributed by atoms with Crippen LogP contribution in [0.15, 0.2) is 12.3 Å². The zero-order chi connectivity index (χ0) is 12.9. The quantitative estimate of drug-likeness (QED) is 0.927. The predicted molar refractivity (Wildman–Crippen MR) is 73.5 cm³/mol. The van der Waals surface area contributed by atoms with Gasteiger partial charge < -0.3 is 5.73 Å². The van der Waals surface area contributed by atoms with Gasteiger partial charge in [0, 0.05) is 12.7 Å². The maximum Gasteiger partial charge on any atom is 0.202 e. The molecule has 0 amide bonds. The number of rotatable bonds is 3. The number of fused-ring (bicyclic) bond motifs is 1. The molecule has 1 saturated carbocycles. The van der Waals surface area contributed by atoms with Crippen LogP contribution >= 0.6 is 11.6 Å². The summed E-state index contributed by atoms with van der Waals surface area (Å²) in [5.74, 6) is 1.19. The lowest BCUT2D eigenvalue weighted by Crippen LogP contribution is -2.19.